The third-order valence-corrected chi connectivity index (χ3v) is 3.90. The summed E-state index contributed by atoms with van der Waals surface area (Å²) in [7, 11) is 0. The van der Waals surface area contributed by atoms with E-state index in [9.17, 15) is 22.8 Å². The van der Waals surface area contributed by atoms with Crippen molar-refractivity contribution >= 4 is 11.9 Å². The zero-order valence-corrected chi connectivity index (χ0v) is 14.8. The van der Waals surface area contributed by atoms with Crippen LogP contribution in [0.3, 0.4) is 0 Å². The molecule has 4 nitrogen and oxygen atoms in total. The summed E-state index contributed by atoms with van der Waals surface area (Å²) in [6, 6.07) is 12.8. The van der Waals surface area contributed by atoms with Gasteiger partial charge in [0, 0.05) is 0 Å². The molecule has 2 aromatic rings. The number of esters is 1. The second kappa shape index (κ2) is 9.21. The van der Waals surface area contributed by atoms with Gasteiger partial charge >= 0.3 is 12.1 Å². The van der Waals surface area contributed by atoms with Gasteiger partial charge < -0.3 is 10.1 Å². The van der Waals surface area contributed by atoms with Crippen LogP contribution in [0.4, 0.5) is 13.2 Å². The lowest BCUT2D eigenvalue weighted by Gasteiger charge is -2.18. The molecule has 2 rings (SSSR count). The molecule has 1 N–H and O–H groups in total. The molecule has 7 heteroatoms. The first-order chi connectivity index (χ1) is 12.8. The van der Waals surface area contributed by atoms with E-state index < -0.39 is 30.2 Å². The van der Waals surface area contributed by atoms with Gasteiger partial charge in [0.25, 0.3) is 5.91 Å². The molecular weight excluding hydrogens is 359 g/mol. The van der Waals surface area contributed by atoms with Crippen molar-refractivity contribution in [2.75, 3.05) is 6.61 Å². The maximum absolute atomic E-state index is 12.5. The van der Waals surface area contributed by atoms with Gasteiger partial charge in [-0.3, -0.25) is 4.79 Å². The van der Waals surface area contributed by atoms with Gasteiger partial charge in [0.15, 0.2) is 6.61 Å². The molecule has 0 bridgehead atoms. The van der Waals surface area contributed by atoms with Crippen LogP contribution in [-0.2, 0) is 15.7 Å². The van der Waals surface area contributed by atoms with E-state index in [1.807, 2.05) is 37.3 Å². The molecule has 2 aromatic carbocycles. The van der Waals surface area contributed by atoms with E-state index >= 15 is 0 Å². The van der Waals surface area contributed by atoms with Crippen molar-refractivity contribution in [1.29, 1.82) is 0 Å². The maximum Gasteiger partial charge on any atom is 0.416 e. The van der Waals surface area contributed by atoms with Gasteiger partial charge in [0.2, 0.25) is 0 Å². The minimum atomic E-state index is -4.48. The van der Waals surface area contributed by atoms with Crippen LogP contribution >= 0.6 is 0 Å². The molecule has 1 unspecified atom stereocenters. The molecule has 0 saturated carbocycles. The van der Waals surface area contributed by atoms with Gasteiger partial charge in [0.05, 0.1) is 17.2 Å². The largest absolute Gasteiger partial charge is 0.452 e. The highest BCUT2D eigenvalue weighted by molar-refractivity contribution is 5.91. The normalized spacial score (nSPS) is 12.3. The number of carbonyl (C=O) groups excluding carboxylic acids is 2. The average Bonchev–Trinajstić information content (AvgIpc) is 2.66. The van der Waals surface area contributed by atoms with E-state index in [-0.39, 0.29) is 11.6 Å². The van der Waals surface area contributed by atoms with E-state index in [4.69, 9.17) is 4.74 Å². The van der Waals surface area contributed by atoms with E-state index in [1.165, 1.54) is 0 Å². The number of ether oxygens (including phenoxy) is 1. The molecule has 1 atom stereocenters. The SMILES string of the molecule is CCCC(NC(=O)COC(=O)c1ccc(C(F)(F)F)cc1)c1ccccc1. The standard InChI is InChI=1S/C20H20F3NO3/c1-2-6-17(14-7-4-3-5-8-14)24-18(25)13-27-19(26)15-9-11-16(12-10-15)20(21,22)23/h3-5,7-12,17H,2,6,13H2,1H3,(H,24,25). The Bertz CT molecular complexity index is 758. The average molecular weight is 379 g/mol. The summed E-state index contributed by atoms with van der Waals surface area (Å²) in [6.45, 7) is 1.49. The fraction of sp³-hybridized carbons (Fsp3) is 0.300. The van der Waals surface area contributed by atoms with Gasteiger partial charge in [0.1, 0.15) is 0 Å². The summed E-state index contributed by atoms with van der Waals surface area (Å²) in [6.07, 6.45) is -2.90. The molecular formula is C20H20F3NO3. The Morgan fingerprint density at radius 1 is 1.04 bits per heavy atom. The quantitative estimate of drug-likeness (QED) is 0.720. The van der Waals surface area contributed by atoms with Gasteiger partial charge in [-0.15, -0.1) is 0 Å². The highest BCUT2D eigenvalue weighted by Crippen LogP contribution is 2.29. The lowest BCUT2D eigenvalue weighted by molar-refractivity contribution is -0.137. The third kappa shape index (κ3) is 6.13. The number of alkyl halides is 3. The summed E-state index contributed by atoms with van der Waals surface area (Å²) in [5, 5.41) is 2.81. The summed E-state index contributed by atoms with van der Waals surface area (Å²) in [5.41, 5.74) is 0.0350. The maximum atomic E-state index is 12.5. The Balaban J connectivity index is 1.91. The van der Waals surface area contributed by atoms with E-state index in [0.29, 0.717) is 0 Å². The molecule has 0 fully saturated rings. The number of amides is 1. The zero-order valence-electron chi connectivity index (χ0n) is 14.8. The number of carbonyl (C=O) groups is 2. The highest BCUT2D eigenvalue weighted by Gasteiger charge is 2.30. The third-order valence-electron chi connectivity index (χ3n) is 3.90. The van der Waals surface area contributed by atoms with Crippen molar-refractivity contribution in [3.63, 3.8) is 0 Å². The van der Waals surface area contributed by atoms with Crippen LogP contribution in [0.1, 0.15) is 47.3 Å². The van der Waals surface area contributed by atoms with Gasteiger partial charge in [-0.25, -0.2) is 4.79 Å². The summed E-state index contributed by atoms with van der Waals surface area (Å²) >= 11 is 0. The minimum Gasteiger partial charge on any atom is -0.452 e. The lowest BCUT2D eigenvalue weighted by Crippen LogP contribution is -2.32. The molecule has 0 spiro atoms. The Morgan fingerprint density at radius 3 is 2.22 bits per heavy atom. The molecule has 1 amide bonds. The summed E-state index contributed by atoms with van der Waals surface area (Å²) in [5.74, 6) is -1.33. The van der Waals surface area contributed by atoms with Gasteiger partial charge in [-0.05, 0) is 36.2 Å². The molecule has 0 aliphatic heterocycles. The van der Waals surface area contributed by atoms with Crippen molar-refractivity contribution in [2.45, 2.75) is 32.0 Å². The lowest BCUT2D eigenvalue weighted by atomic mass is 10.0. The van der Waals surface area contributed by atoms with Crippen molar-refractivity contribution in [3.8, 4) is 0 Å². The molecule has 27 heavy (non-hydrogen) atoms. The van der Waals surface area contributed by atoms with Crippen LogP contribution in [0.15, 0.2) is 54.6 Å². The fourth-order valence-corrected chi connectivity index (χ4v) is 2.54. The fourth-order valence-electron chi connectivity index (χ4n) is 2.54. The predicted molar refractivity (Wildman–Crippen MR) is 94.0 cm³/mol. The zero-order chi connectivity index (χ0) is 19.9. The highest BCUT2D eigenvalue weighted by atomic mass is 19.4. The van der Waals surface area contributed by atoms with Crippen LogP contribution in [-0.4, -0.2) is 18.5 Å². The second-order valence-corrected chi connectivity index (χ2v) is 5.97. The van der Waals surface area contributed by atoms with Crippen LogP contribution in [0.5, 0.6) is 0 Å². The molecule has 0 heterocycles. The Kier molecular flexibility index (Phi) is 6.98. The first-order valence-electron chi connectivity index (χ1n) is 8.50. The van der Waals surface area contributed by atoms with Gasteiger partial charge in [-0.1, -0.05) is 43.7 Å². The van der Waals surface area contributed by atoms with E-state index in [1.54, 1.807) is 0 Å². The predicted octanol–water partition coefficient (Wildman–Crippen LogP) is 4.52. The van der Waals surface area contributed by atoms with Crippen molar-refractivity contribution in [1.82, 2.24) is 5.32 Å². The Morgan fingerprint density at radius 2 is 1.67 bits per heavy atom. The molecule has 0 radical (unpaired) electrons. The molecule has 144 valence electrons. The smallest absolute Gasteiger partial charge is 0.416 e. The Hall–Kier alpha value is -2.83. The van der Waals surface area contributed by atoms with Crippen LogP contribution in [0.25, 0.3) is 0 Å². The second-order valence-electron chi connectivity index (χ2n) is 5.97. The van der Waals surface area contributed by atoms with Crippen LogP contribution in [0, 0.1) is 0 Å². The van der Waals surface area contributed by atoms with Crippen LogP contribution in [0.2, 0.25) is 0 Å². The first kappa shape index (κ1) is 20.5. The minimum absolute atomic E-state index is 0.0519. The van der Waals surface area contributed by atoms with E-state index in [0.717, 1.165) is 42.7 Å². The van der Waals surface area contributed by atoms with E-state index in [2.05, 4.69) is 5.32 Å². The number of hydrogen-bond donors (Lipinski definition) is 1. The summed E-state index contributed by atoms with van der Waals surface area (Å²) < 4.78 is 42.5. The number of nitrogens with one attached hydrogen (secondary N) is 1. The summed E-state index contributed by atoms with van der Waals surface area (Å²) in [4.78, 5) is 24.0. The molecule has 0 aliphatic carbocycles. The molecule has 0 aliphatic rings. The first-order valence-corrected chi connectivity index (χ1v) is 8.50. The topological polar surface area (TPSA) is 55.4 Å². The Labute approximate surface area is 155 Å². The van der Waals surface area contributed by atoms with Crippen molar-refractivity contribution in [3.05, 3.63) is 71.3 Å². The van der Waals surface area contributed by atoms with Crippen molar-refractivity contribution in [2.24, 2.45) is 0 Å². The van der Waals surface area contributed by atoms with Crippen molar-refractivity contribution < 1.29 is 27.5 Å². The number of benzene rings is 2. The number of halogens is 3. The number of rotatable bonds is 7. The van der Waals surface area contributed by atoms with Crippen LogP contribution < -0.4 is 5.32 Å². The monoisotopic (exact) mass is 379 g/mol. The van der Waals surface area contributed by atoms with Gasteiger partial charge in [-0.2, -0.15) is 13.2 Å². The molecule has 0 saturated heterocycles. The molecule has 0 aromatic heterocycles. The number of hydrogen-bond acceptors (Lipinski definition) is 3.